The average molecular weight is 367 g/mol. The molecule has 0 amide bonds. The second-order valence-electron chi connectivity index (χ2n) is 5.91. The molecule has 0 bridgehead atoms. The summed E-state index contributed by atoms with van der Waals surface area (Å²) in [5.74, 6) is -0.0557. The minimum absolute atomic E-state index is 0.126. The summed E-state index contributed by atoms with van der Waals surface area (Å²) in [6.07, 6.45) is 3.56. The maximum Gasteiger partial charge on any atom is 0.307 e. The third-order valence-electron chi connectivity index (χ3n) is 3.92. The minimum atomic E-state index is -0.308. The molecule has 0 atom stereocenters. The SMILES string of the molecule is Cc1cc(C=CC(=O)c2cccc(Cc3sc(=O)[nH]c3O)c2)ccc1O. The summed E-state index contributed by atoms with van der Waals surface area (Å²) in [6, 6.07) is 12.2. The number of phenolic OH excluding ortho intramolecular Hbond substituents is 1. The highest BCUT2D eigenvalue weighted by Crippen LogP contribution is 2.21. The summed E-state index contributed by atoms with van der Waals surface area (Å²) in [7, 11) is 0. The first-order chi connectivity index (χ1) is 12.4. The zero-order valence-electron chi connectivity index (χ0n) is 14.0. The molecule has 3 aromatic rings. The molecule has 0 fully saturated rings. The summed E-state index contributed by atoms with van der Waals surface area (Å²) in [4.78, 5) is 26.2. The molecule has 1 aromatic heterocycles. The number of phenols is 1. The van der Waals surface area contributed by atoms with Gasteiger partial charge in [-0.15, -0.1) is 0 Å². The van der Waals surface area contributed by atoms with Crippen molar-refractivity contribution in [2.45, 2.75) is 13.3 Å². The maximum absolute atomic E-state index is 12.4. The number of nitrogens with one attached hydrogen (secondary N) is 1. The predicted molar refractivity (Wildman–Crippen MR) is 102 cm³/mol. The van der Waals surface area contributed by atoms with Crippen LogP contribution in [0.2, 0.25) is 0 Å². The zero-order chi connectivity index (χ0) is 18.7. The number of hydrogen-bond donors (Lipinski definition) is 3. The molecule has 3 rings (SSSR count). The van der Waals surface area contributed by atoms with E-state index in [1.54, 1.807) is 49.4 Å². The van der Waals surface area contributed by atoms with Gasteiger partial charge in [-0.1, -0.05) is 41.7 Å². The van der Waals surface area contributed by atoms with Crippen molar-refractivity contribution in [3.63, 3.8) is 0 Å². The lowest BCUT2D eigenvalue weighted by Crippen LogP contribution is -1.96. The molecule has 1 heterocycles. The second kappa shape index (κ2) is 7.41. The molecular weight excluding hydrogens is 350 g/mol. The van der Waals surface area contributed by atoms with Crippen molar-refractivity contribution >= 4 is 23.2 Å². The highest BCUT2D eigenvalue weighted by atomic mass is 32.1. The number of carbonyl (C=O) groups is 1. The molecule has 0 saturated heterocycles. The molecule has 0 unspecified atom stereocenters. The Kier molecular flexibility index (Phi) is 5.04. The molecular formula is C20H17NO4S. The number of thiazole rings is 1. The van der Waals surface area contributed by atoms with E-state index < -0.39 is 0 Å². The number of ketones is 1. The van der Waals surface area contributed by atoms with E-state index in [-0.39, 0.29) is 22.3 Å². The molecule has 0 radical (unpaired) electrons. The largest absolute Gasteiger partial charge is 0.508 e. The van der Waals surface area contributed by atoms with E-state index in [1.165, 1.54) is 6.08 Å². The van der Waals surface area contributed by atoms with Gasteiger partial charge < -0.3 is 10.2 Å². The number of benzene rings is 2. The highest BCUT2D eigenvalue weighted by molar-refractivity contribution is 7.09. The van der Waals surface area contributed by atoms with E-state index in [4.69, 9.17) is 0 Å². The average Bonchev–Trinajstić information content (AvgIpc) is 2.93. The van der Waals surface area contributed by atoms with E-state index in [1.807, 2.05) is 6.07 Å². The van der Waals surface area contributed by atoms with Gasteiger partial charge in [0.2, 0.25) is 5.88 Å². The molecule has 0 aliphatic rings. The Hall–Kier alpha value is -3.12. The second-order valence-corrected chi connectivity index (χ2v) is 6.97. The van der Waals surface area contributed by atoms with Gasteiger partial charge in [0.1, 0.15) is 5.75 Å². The van der Waals surface area contributed by atoms with Crippen LogP contribution in [0.3, 0.4) is 0 Å². The summed E-state index contributed by atoms with van der Waals surface area (Å²) in [6.45, 7) is 1.79. The first-order valence-electron chi connectivity index (χ1n) is 7.94. The lowest BCUT2D eigenvalue weighted by molar-refractivity contribution is 0.104. The van der Waals surface area contributed by atoms with Gasteiger partial charge >= 0.3 is 4.87 Å². The third kappa shape index (κ3) is 4.10. The Labute approximate surface area is 153 Å². The van der Waals surface area contributed by atoms with Crippen molar-refractivity contribution in [3.8, 4) is 11.6 Å². The molecule has 26 heavy (non-hydrogen) atoms. The highest BCUT2D eigenvalue weighted by Gasteiger charge is 2.09. The van der Waals surface area contributed by atoms with Crippen LogP contribution < -0.4 is 4.87 Å². The Morgan fingerprint density at radius 3 is 2.69 bits per heavy atom. The molecule has 3 N–H and O–H groups in total. The van der Waals surface area contributed by atoms with Crippen LogP contribution in [0, 0.1) is 6.92 Å². The van der Waals surface area contributed by atoms with Crippen molar-refractivity contribution in [2.24, 2.45) is 0 Å². The van der Waals surface area contributed by atoms with Gasteiger partial charge in [-0.2, -0.15) is 0 Å². The fourth-order valence-corrected chi connectivity index (χ4v) is 3.30. The van der Waals surface area contributed by atoms with E-state index in [0.29, 0.717) is 16.9 Å². The Bertz CT molecular complexity index is 1050. The van der Waals surface area contributed by atoms with Gasteiger partial charge in [0.25, 0.3) is 0 Å². The molecule has 0 aliphatic carbocycles. The van der Waals surface area contributed by atoms with Gasteiger partial charge in [-0.25, -0.2) is 0 Å². The quantitative estimate of drug-likeness (QED) is 0.474. The Morgan fingerprint density at radius 1 is 1.19 bits per heavy atom. The monoisotopic (exact) mass is 367 g/mol. The van der Waals surface area contributed by atoms with Crippen LogP contribution in [0.4, 0.5) is 0 Å². The van der Waals surface area contributed by atoms with E-state index >= 15 is 0 Å². The molecule has 0 aliphatic heterocycles. The van der Waals surface area contributed by atoms with E-state index in [0.717, 1.165) is 28.0 Å². The summed E-state index contributed by atoms with van der Waals surface area (Å²) < 4.78 is 0. The van der Waals surface area contributed by atoms with Crippen molar-refractivity contribution in [3.05, 3.63) is 85.3 Å². The molecule has 0 spiro atoms. The fraction of sp³-hybridized carbons (Fsp3) is 0.100. The van der Waals surface area contributed by atoms with E-state index in [9.17, 15) is 19.8 Å². The van der Waals surface area contributed by atoms with Gasteiger partial charge in [0, 0.05) is 12.0 Å². The number of allylic oxidation sites excluding steroid dienone is 1. The van der Waals surface area contributed by atoms with Crippen LogP contribution in [0.15, 0.2) is 53.3 Å². The van der Waals surface area contributed by atoms with Crippen LogP contribution in [0.25, 0.3) is 6.08 Å². The standard InChI is InChI=1S/C20H17NO4S/c1-12-9-13(5-7-16(12)22)6-8-17(23)15-4-2-3-14(10-15)11-18-19(24)21-20(25)26-18/h2-10,22,24H,11H2,1H3,(H,21,25). The number of rotatable bonds is 5. The van der Waals surface area contributed by atoms with Crippen molar-refractivity contribution < 1.29 is 15.0 Å². The smallest absolute Gasteiger partial charge is 0.307 e. The first kappa shape index (κ1) is 17.7. The zero-order valence-corrected chi connectivity index (χ0v) is 14.8. The van der Waals surface area contributed by atoms with Gasteiger partial charge in [0.05, 0.1) is 4.88 Å². The van der Waals surface area contributed by atoms with Gasteiger partial charge in [-0.3, -0.25) is 14.6 Å². The van der Waals surface area contributed by atoms with Crippen LogP contribution in [-0.2, 0) is 6.42 Å². The maximum atomic E-state index is 12.4. The summed E-state index contributed by atoms with van der Waals surface area (Å²) >= 11 is 0.953. The molecule has 6 heteroatoms. The first-order valence-corrected chi connectivity index (χ1v) is 8.76. The Balaban J connectivity index is 1.77. The number of aromatic amines is 1. The number of H-pyrrole nitrogens is 1. The van der Waals surface area contributed by atoms with Crippen molar-refractivity contribution in [2.75, 3.05) is 0 Å². The normalized spacial score (nSPS) is 11.1. The van der Waals surface area contributed by atoms with E-state index in [2.05, 4.69) is 4.98 Å². The molecule has 5 nitrogen and oxygen atoms in total. The molecule has 2 aromatic carbocycles. The predicted octanol–water partition coefficient (Wildman–Crippen LogP) is 3.64. The van der Waals surface area contributed by atoms with Crippen LogP contribution in [0.1, 0.15) is 31.9 Å². The molecule has 132 valence electrons. The summed E-state index contributed by atoms with van der Waals surface area (Å²) in [5.41, 5.74) is 2.92. The van der Waals surface area contributed by atoms with Crippen LogP contribution in [-0.4, -0.2) is 21.0 Å². The number of aromatic nitrogens is 1. The van der Waals surface area contributed by atoms with Crippen molar-refractivity contribution in [1.82, 2.24) is 4.98 Å². The van der Waals surface area contributed by atoms with Crippen LogP contribution in [0.5, 0.6) is 11.6 Å². The number of aromatic hydroxyl groups is 2. The summed E-state index contributed by atoms with van der Waals surface area (Å²) in [5, 5.41) is 19.2. The fourth-order valence-electron chi connectivity index (χ4n) is 2.54. The number of aryl methyl sites for hydroxylation is 1. The van der Waals surface area contributed by atoms with Gasteiger partial charge in [-0.05, 0) is 47.9 Å². The topological polar surface area (TPSA) is 90.4 Å². The lowest BCUT2D eigenvalue weighted by atomic mass is 10.0. The van der Waals surface area contributed by atoms with Gasteiger partial charge in [0.15, 0.2) is 5.78 Å². The Morgan fingerprint density at radius 2 is 2.00 bits per heavy atom. The number of carbonyl (C=O) groups excluding carboxylic acids is 1. The third-order valence-corrected chi connectivity index (χ3v) is 4.80. The number of hydrogen-bond acceptors (Lipinski definition) is 5. The lowest BCUT2D eigenvalue weighted by Gasteiger charge is -2.03. The molecule has 0 saturated carbocycles. The minimum Gasteiger partial charge on any atom is -0.508 e. The van der Waals surface area contributed by atoms with Crippen molar-refractivity contribution in [1.29, 1.82) is 0 Å². The van der Waals surface area contributed by atoms with Crippen LogP contribution >= 0.6 is 11.3 Å².